The van der Waals surface area contributed by atoms with Gasteiger partial charge in [0, 0.05) is 29.3 Å². The number of benzene rings is 1. The highest BCUT2D eigenvalue weighted by molar-refractivity contribution is 5.72. The predicted octanol–water partition coefficient (Wildman–Crippen LogP) is 2.07. The van der Waals surface area contributed by atoms with E-state index in [1.807, 2.05) is 0 Å². The van der Waals surface area contributed by atoms with Crippen LogP contribution in [-0.2, 0) is 17.8 Å². The molecule has 1 aromatic heterocycles. The van der Waals surface area contributed by atoms with E-state index in [2.05, 4.69) is 10.2 Å². The molecule has 0 unspecified atom stereocenters. The molecule has 0 radical (unpaired) electrons. The first kappa shape index (κ1) is 12.6. The Morgan fingerprint density at radius 3 is 3.10 bits per heavy atom. The molecule has 2 heterocycles. The van der Waals surface area contributed by atoms with Gasteiger partial charge in [-0.3, -0.25) is 15.2 Å². The molecule has 0 amide bonds. The standard InChI is InChI=1S/C13H13N3O4/c1-19-12-6-8(16(17)18)2-3-9(12)13-10-7-20-5-4-11(10)14-15-13/h2-3,6H,4-5,7H2,1H3,(H,14,15). The van der Waals surface area contributed by atoms with Gasteiger partial charge in [-0.2, -0.15) is 5.10 Å². The van der Waals surface area contributed by atoms with Gasteiger partial charge in [0.25, 0.3) is 5.69 Å². The Hall–Kier alpha value is -2.41. The van der Waals surface area contributed by atoms with Gasteiger partial charge in [-0.15, -0.1) is 0 Å². The smallest absolute Gasteiger partial charge is 0.273 e. The number of hydrogen-bond acceptors (Lipinski definition) is 5. The van der Waals surface area contributed by atoms with Crippen LogP contribution in [-0.4, -0.2) is 28.8 Å². The summed E-state index contributed by atoms with van der Waals surface area (Å²) in [6.45, 7) is 1.16. The molecule has 0 aliphatic carbocycles. The van der Waals surface area contributed by atoms with Crippen molar-refractivity contribution in [2.24, 2.45) is 0 Å². The second-order valence-corrected chi connectivity index (χ2v) is 4.47. The molecule has 0 fully saturated rings. The zero-order valence-corrected chi connectivity index (χ0v) is 10.9. The molecular formula is C13H13N3O4. The molecule has 2 aromatic rings. The lowest BCUT2D eigenvalue weighted by atomic mass is 10.0. The summed E-state index contributed by atoms with van der Waals surface area (Å²) in [7, 11) is 1.48. The van der Waals surface area contributed by atoms with Gasteiger partial charge < -0.3 is 9.47 Å². The Labute approximate surface area is 114 Å². The van der Waals surface area contributed by atoms with Crippen LogP contribution in [0.1, 0.15) is 11.3 Å². The number of aromatic nitrogens is 2. The van der Waals surface area contributed by atoms with Crippen molar-refractivity contribution < 1.29 is 14.4 Å². The minimum atomic E-state index is -0.449. The van der Waals surface area contributed by atoms with Gasteiger partial charge >= 0.3 is 0 Å². The van der Waals surface area contributed by atoms with Crippen LogP contribution in [0.25, 0.3) is 11.3 Å². The third-order valence-electron chi connectivity index (χ3n) is 3.35. The van der Waals surface area contributed by atoms with Crippen molar-refractivity contribution in [2.45, 2.75) is 13.0 Å². The fraction of sp³-hybridized carbons (Fsp3) is 0.308. The van der Waals surface area contributed by atoms with E-state index in [1.54, 1.807) is 6.07 Å². The summed E-state index contributed by atoms with van der Waals surface area (Å²) < 4.78 is 10.7. The van der Waals surface area contributed by atoms with Crippen LogP contribution in [0.2, 0.25) is 0 Å². The summed E-state index contributed by atoms with van der Waals surface area (Å²) in [5.41, 5.74) is 3.48. The van der Waals surface area contributed by atoms with Crippen molar-refractivity contribution in [3.8, 4) is 17.0 Å². The topological polar surface area (TPSA) is 90.3 Å². The van der Waals surface area contributed by atoms with Crippen LogP contribution in [0.15, 0.2) is 18.2 Å². The van der Waals surface area contributed by atoms with E-state index in [9.17, 15) is 10.1 Å². The number of non-ortho nitro benzene ring substituents is 1. The molecule has 7 nitrogen and oxygen atoms in total. The lowest BCUT2D eigenvalue weighted by molar-refractivity contribution is -0.384. The van der Waals surface area contributed by atoms with E-state index in [0.717, 1.165) is 28.9 Å². The van der Waals surface area contributed by atoms with Gasteiger partial charge in [-0.25, -0.2) is 0 Å². The van der Waals surface area contributed by atoms with Crippen molar-refractivity contribution in [1.82, 2.24) is 10.2 Å². The highest BCUT2D eigenvalue weighted by Crippen LogP contribution is 2.35. The maximum atomic E-state index is 10.8. The van der Waals surface area contributed by atoms with Gasteiger partial charge in [0.05, 0.1) is 31.3 Å². The molecule has 0 saturated carbocycles. The third kappa shape index (κ3) is 2.01. The number of rotatable bonds is 3. The number of H-pyrrole nitrogens is 1. The van der Waals surface area contributed by atoms with Crippen molar-refractivity contribution in [2.75, 3.05) is 13.7 Å². The lowest BCUT2D eigenvalue weighted by Crippen LogP contribution is -2.09. The highest BCUT2D eigenvalue weighted by atomic mass is 16.6. The molecule has 1 aliphatic rings. The van der Waals surface area contributed by atoms with E-state index in [-0.39, 0.29) is 5.69 Å². The lowest BCUT2D eigenvalue weighted by Gasteiger charge is -2.13. The Morgan fingerprint density at radius 1 is 1.50 bits per heavy atom. The average molecular weight is 275 g/mol. The summed E-state index contributed by atoms with van der Waals surface area (Å²) in [4.78, 5) is 10.4. The second kappa shape index (κ2) is 4.93. The van der Waals surface area contributed by atoms with Crippen LogP contribution in [0, 0.1) is 10.1 Å². The first-order valence-corrected chi connectivity index (χ1v) is 6.17. The first-order valence-electron chi connectivity index (χ1n) is 6.17. The van der Waals surface area contributed by atoms with Crippen LogP contribution in [0.5, 0.6) is 5.75 Å². The Kier molecular flexibility index (Phi) is 3.11. The normalized spacial score (nSPS) is 13.8. The van der Waals surface area contributed by atoms with Crippen LogP contribution in [0.3, 0.4) is 0 Å². The zero-order valence-electron chi connectivity index (χ0n) is 10.9. The van der Waals surface area contributed by atoms with Crippen molar-refractivity contribution in [1.29, 1.82) is 0 Å². The largest absolute Gasteiger partial charge is 0.496 e. The average Bonchev–Trinajstić information content (AvgIpc) is 2.90. The molecule has 1 N–H and O–H groups in total. The highest BCUT2D eigenvalue weighted by Gasteiger charge is 2.22. The minimum absolute atomic E-state index is 0.00810. The van der Waals surface area contributed by atoms with Crippen molar-refractivity contribution in [3.63, 3.8) is 0 Å². The van der Waals surface area contributed by atoms with Gasteiger partial charge in [0.2, 0.25) is 0 Å². The maximum absolute atomic E-state index is 10.8. The fourth-order valence-corrected chi connectivity index (χ4v) is 2.32. The number of nitro benzene ring substituents is 1. The molecule has 1 aromatic carbocycles. The molecule has 3 rings (SSSR count). The maximum Gasteiger partial charge on any atom is 0.273 e. The molecule has 7 heteroatoms. The monoisotopic (exact) mass is 275 g/mol. The molecule has 0 saturated heterocycles. The SMILES string of the molecule is COc1cc([N+](=O)[O-])ccc1-c1n[nH]c2c1COCC2. The van der Waals surface area contributed by atoms with Crippen molar-refractivity contribution >= 4 is 5.69 Å². The zero-order chi connectivity index (χ0) is 14.1. The number of methoxy groups -OCH3 is 1. The number of nitro groups is 1. The molecule has 1 aliphatic heterocycles. The molecule has 0 atom stereocenters. The minimum Gasteiger partial charge on any atom is -0.496 e. The summed E-state index contributed by atoms with van der Waals surface area (Å²) in [6.07, 6.45) is 0.789. The Morgan fingerprint density at radius 2 is 2.35 bits per heavy atom. The van der Waals surface area contributed by atoms with Crippen LogP contribution in [0.4, 0.5) is 5.69 Å². The Bertz CT molecular complexity index is 666. The third-order valence-corrected chi connectivity index (χ3v) is 3.35. The predicted molar refractivity (Wildman–Crippen MR) is 70.6 cm³/mol. The van der Waals surface area contributed by atoms with E-state index in [1.165, 1.54) is 19.2 Å². The quantitative estimate of drug-likeness (QED) is 0.684. The number of hydrogen-bond donors (Lipinski definition) is 1. The summed E-state index contributed by atoms with van der Waals surface area (Å²) in [5, 5.41) is 18.1. The molecule has 104 valence electrons. The second-order valence-electron chi connectivity index (χ2n) is 4.47. The molecule has 20 heavy (non-hydrogen) atoms. The molecule has 0 bridgehead atoms. The van der Waals surface area contributed by atoms with Gasteiger partial charge in [-0.05, 0) is 6.07 Å². The number of fused-ring (bicyclic) bond motifs is 1. The number of nitrogens with one attached hydrogen (secondary N) is 1. The van der Waals surface area contributed by atoms with E-state index >= 15 is 0 Å². The van der Waals surface area contributed by atoms with E-state index in [0.29, 0.717) is 19.0 Å². The Balaban J connectivity index is 2.10. The summed E-state index contributed by atoms with van der Waals surface area (Å²) in [5.74, 6) is 0.430. The van der Waals surface area contributed by atoms with E-state index < -0.39 is 4.92 Å². The number of nitrogens with zero attached hydrogens (tertiary/aromatic N) is 2. The first-order chi connectivity index (χ1) is 9.70. The summed E-state index contributed by atoms with van der Waals surface area (Å²) >= 11 is 0. The van der Waals surface area contributed by atoms with Crippen LogP contribution < -0.4 is 4.74 Å². The molecule has 0 spiro atoms. The number of aromatic amines is 1. The summed E-state index contributed by atoms with van der Waals surface area (Å²) in [6, 6.07) is 4.50. The van der Waals surface area contributed by atoms with Crippen LogP contribution >= 0.6 is 0 Å². The van der Waals surface area contributed by atoms with Gasteiger partial charge in [-0.1, -0.05) is 0 Å². The van der Waals surface area contributed by atoms with E-state index in [4.69, 9.17) is 9.47 Å². The van der Waals surface area contributed by atoms with Crippen molar-refractivity contribution in [3.05, 3.63) is 39.6 Å². The fourth-order valence-electron chi connectivity index (χ4n) is 2.32. The number of ether oxygens (including phenoxy) is 2. The molecular weight excluding hydrogens is 262 g/mol. The van der Waals surface area contributed by atoms with Gasteiger partial charge in [0.1, 0.15) is 11.4 Å². The van der Waals surface area contributed by atoms with Gasteiger partial charge in [0.15, 0.2) is 0 Å².